The normalized spacial score (nSPS) is 16.1. The van der Waals surface area contributed by atoms with E-state index in [1.807, 2.05) is 0 Å². The Labute approximate surface area is 176 Å². The lowest BCUT2D eigenvalue weighted by atomic mass is 10.2. The molecule has 0 aliphatic carbocycles. The van der Waals surface area contributed by atoms with Crippen LogP contribution < -0.4 is 21.3 Å². The number of aryl methyl sites for hydroxylation is 1. The number of benzene rings is 1. The van der Waals surface area contributed by atoms with Crippen LogP contribution in [0.2, 0.25) is 0 Å². The Balaban J connectivity index is 1.72. The predicted octanol–water partition coefficient (Wildman–Crippen LogP) is 0.646. The van der Waals surface area contributed by atoms with Crippen LogP contribution in [0.25, 0.3) is 6.08 Å². The first kappa shape index (κ1) is 21.4. The summed E-state index contributed by atoms with van der Waals surface area (Å²) in [5, 5.41) is 2.81. The Bertz CT molecular complexity index is 1100. The third-order valence-corrected chi connectivity index (χ3v) is 5.72. The van der Waals surface area contributed by atoms with Gasteiger partial charge in [0.05, 0.1) is 18.6 Å². The Morgan fingerprint density at radius 1 is 1.20 bits per heavy atom. The Hall–Kier alpha value is -3.27. The molecule has 1 saturated heterocycles. The van der Waals surface area contributed by atoms with Crippen LogP contribution in [0, 0.1) is 0 Å². The van der Waals surface area contributed by atoms with Crippen molar-refractivity contribution in [1.29, 1.82) is 0 Å². The highest BCUT2D eigenvalue weighted by atomic mass is 32.2. The zero-order valence-corrected chi connectivity index (χ0v) is 17.6. The van der Waals surface area contributed by atoms with Crippen molar-refractivity contribution in [3.05, 3.63) is 62.9 Å². The molecular formula is C20H22N4O5S. The first-order valence-electron chi connectivity index (χ1n) is 9.10. The number of nitrogens with zero attached hydrogens (tertiary/aromatic N) is 3. The summed E-state index contributed by atoms with van der Waals surface area (Å²) in [6.07, 6.45) is 3.99. The lowest BCUT2D eigenvalue weighted by molar-refractivity contribution is -0.132. The van der Waals surface area contributed by atoms with Gasteiger partial charge in [-0.3, -0.25) is 19.0 Å². The van der Waals surface area contributed by atoms with E-state index < -0.39 is 17.3 Å². The molecule has 2 heterocycles. The van der Waals surface area contributed by atoms with Crippen molar-refractivity contribution in [1.82, 2.24) is 14.0 Å². The van der Waals surface area contributed by atoms with Gasteiger partial charge >= 0.3 is 5.69 Å². The second kappa shape index (κ2) is 9.04. The summed E-state index contributed by atoms with van der Waals surface area (Å²) >= 11 is 1.47. The summed E-state index contributed by atoms with van der Waals surface area (Å²) in [6.45, 7) is 0. The molecule has 10 heteroatoms. The lowest BCUT2D eigenvalue weighted by Crippen LogP contribution is -2.44. The van der Waals surface area contributed by atoms with E-state index in [2.05, 4.69) is 5.32 Å². The minimum Gasteiger partial charge on any atom is -0.497 e. The molecule has 0 saturated carbocycles. The maximum atomic E-state index is 12.7. The van der Waals surface area contributed by atoms with Crippen LogP contribution >= 0.6 is 11.8 Å². The van der Waals surface area contributed by atoms with E-state index in [0.29, 0.717) is 23.1 Å². The number of ether oxygens (including phenoxy) is 1. The molecule has 1 atom stereocenters. The highest BCUT2D eigenvalue weighted by Crippen LogP contribution is 2.23. The summed E-state index contributed by atoms with van der Waals surface area (Å²) in [6, 6.07) is 6.29. The molecule has 3 rings (SSSR count). The number of hydrogen-bond donors (Lipinski definition) is 1. The zero-order valence-electron chi connectivity index (χ0n) is 16.8. The van der Waals surface area contributed by atoms with Crippen LogP contribution in [0.15, 0.2) is 46.1 Å². The van der Waals surface area contributed by atoms with Gasteiger partial charge < -0.3 is 19.5 Å². The molecule has 1 fully saturated rings. The Kier molecular flexibility index (Phi) is 6.46. The summed E-state index contributed by atoms with van der Waals surface area (Å²) < 4.78 is 7.34. The van der Waals surface area contributed by atoms with Crippen molar-refractivity contribution in [3.8, 4) is 5.75 Å². The van der Waals surface area contributed by atoms with Gasteiger partial charge in [0.15, 0.2) is 0 Å². The summed E-state index contributed by atoms with van der Waals surface area (Å²) in [4.78, 5) is 50.8. The smallest absolute Gasteiger partial charge is 0.330 e. The maximum absolute atomic E-state index is 12.7. The molecule has 1 aromatic carbocycles. The van der Waals surface area contributed by atoms with E-state index >= 15 is 0 Å². The molecule has 2 amide bonds. The van der Waals surface area contributed by atoms with Crippen molar-refractivity contribution in [2.24, 2.45) is 14.1 Å². The van der Waals surface area contributed by atoms with Gasteiger partial charge in [-0.2, -0.15) is 0 Å². The first-order chi connectivity index (χ1) is 14.3. The fraction of sp³-hybridized carbons (Fsp3) is 0.300. The number of anilines is 1. The van der Waals surface area contributed by atoms with Gasteiger partial charge in [-0.05, 0) is 30.3 Å². The van der Waals surface area contributed by atoms with Crippen molar-refractivity contribution in [2.45, 2.75) is 6.04 Å². The van der Waals surface area contributed by atoms with E-state index in [9.17, 15) is 19.2 Å². The number of aromatic nitrogens is 2. The van der Waals surface area contributed by atoms with Crippen molar-refractivity contribution in [2.75, 3.05) is 24.1 Å². The fourth-order valence-electron chi connectivity index (χ4n) is 2.98. The number of hydrogen-bond acceptors (Lipinski definition) is 6. The molecule has 1 aromatic heterocycles. The SMILES string of the molecule is COc1ccc(NC(=O)C2CSCN2C(=O)/C=C/c2cn(C)c(=O)n(C)c2=O)cc1. The predicted molar refractivity (Wildman–Crippen MR) is 116 cm³/mol. The number of rotatable bonds is 5. The molecule has 0 bridgehead atoms. The number of methoxy groups -OCH3 is 1. The minimum atomic E-state index is -0.628. The molecule has 2 aromatic rings. The quantitative estimate of drug-likeness (QED) is 0.699. The number of carbonyl (C=O) groups excluding carboxylic acids is 2. The van der Waals surface area contributed by atoms with Gasteiger partial charge in [-0.15, -0.1) is 11.8 Å². The van der Waals surface area contributed by atoms with Crippen LogP contribution in [-0.2, 0) is 23.7 Å². The van der Waals surface area contributed by atoms with Crippen molar-refractivity contribution < 1.29 is 14.3 Å². The third kappa shape index (κ3) is 4.48. The second-order valence-corrected chi connectivity index (χ2v) is 7.72. The molecule has 9 nitrogen and oxygen atoms in total. The molecule has 30 heavy (non-hydrogen) atoms. The van der Waals surface area contributed by atoms with E-state index in [1.54, 1.807) is 31.4 Å². The number of nitrogens with one attached hydrogen (secondary N) is 1. The fourth-order valence-corrected chi connectivity index (χ4v) is 4.15. The van der Waals surface area contributed by atoms with E-state index in [4.69, 9.17) is 4.74 Å². The molecule has 1 unspecified atom stereocenters. The van der Waals surface area contributed by atoms with Crippen LogP contribution in [0.3, 0.4) is 0 Å². The van der Waals surface area contributed by atoms with Crippen molar-refractivity contribution >= 4 is 35.3 Å². The minimum absolute atomic E-state index is 0.207. The van der Waals surface area contributed by atoms with Gasteiger partial charge in [0.2, 0.25) is 11.8 Å². The number of carbonyl (C=O) groups is 2. The second-order valence-electron chi connectivity index (χ2n) is 6.72. The monoisotopic (exact) mass is 430 g/mol. The molecule has 0 radical (unpaired) electrons. The summed E-state index contributed by atoms with van der Waals surface area (Å²) in [5.41, 5.74) is -0.130. The van der Waals surface area contributed by atoms with Crippen LogP contribution in [0.1, 0.15) is 5.56 Å². The highest BCUT2D eigenvalue weighted by Gasteiger charge is 2.33. The van der Waals surface area contributed by atoms with Crippen LogP contribution in [-0.4, -0.2) is 50.6 Å². The zero-order chi connectivity index (χ0) is 21.8. The van der Waals surface area contributed by atoms with Gasteiger partial charge in [0, 0.05) is 37.8 Å². The van der Waals surface area contributed by atoms with Crippen LogP contribution in [0.5, 0.6) is 5.75 Å². The molecule has 1 aliphatic heterocycles. The lowest BCUT2D eigenvalue weighted by Gasteiger charge is -2.21. The maximum Gasteiger partial charge on any atom is 0.330 e. The van der Waals surface area contributed by atoms with E-state index in [-0.39, 0.29) is 17.4 Å². The average Bonchev–Trinajstić information content (AvgIpc) is 3.24. The first-order valence-corrected chi connectivity index (χ1v) is 10.3. The van der Waals surface area contributed by atoms with Gasteiger partial charge in [-0.1, -0.05) is 0 Å². The summed E-state index contributed by atoms with van der Waals surface area (Å²) in [5.74, 6) is 0.852. The highest BCUT2D eigenvalue weighted by molar-refractivity contribution is 7.99. The van der Waals surface area contributed by atoms with Gasteiger partial charge in [0.1, 0.15) is 11.8 Å². The molecule has 1 N–H and O–H groups in total. The average molecular weight is 430 g/mol. The topological polar surface area (TPSA) is 103 Å². The Morgan fingerprint density at radius 3 is 2.57 bits per heavy atom. The van der Waals surface area contributed by atoms with E-state index in [0.717, 1.165) is 4.57 Å². The molecule has 1 aliphatic rings. The summed E-state index contributed by atoms with van der Waals surface area (Å²) in [7, 11) is 4.46. The van der Waals surface area contributed by atoms with Crippen molar-refractivity contribution in [3.63, 3.8) is 0 Å². The molecule has 158 valence electrons. The molecular weight excluding hydrogens is 408 g/mol. The van der Waals surface area contributed by atoms with Gasteiger partial charge in [0.25, 0.3) is 5.56 Å². The standard InChI is InChI=1S/C20H22N4O5S/c1-22-10-13(19(27)23(2)20(22)28)4-9-17(25)24-12-30-11-16(24)18(26)21-14-5-7-15(29-3)8-6-14/h4-10,16H,11-12H2,1-3H3,(H,21,26)/b9-4+. The third-order valence-electron chi connectivity index (χ3n) is 4.70. The number of thioether (sulfide) groups is 1. The van der Waals surface area contributed by atoms with Gasteiger partial charge in [-0.25, -0.2) is 4.79 Å². The molecule has 0 spiro atoms. The Morgan fingerprint density at radius 2 is 1.90 bits per heavy atom. The number of amides is 2. The van der Waals surface area contributed by atoms with Crippen LogP contribution in [0.4, 0.5) is 5.69 Å². The van der Waals surface area contributed by atoms with E-state index in [1.165, 1.54) is 53.7 Å². The largest absolute Gasteiger partial charge is 0.497 e.